The molecule has 1 saturated heterocycles. The van der Waals surface area contributed by atoms with E-state index in [-0.39, 0.29) is 24.7 Å². The lowest BCUT2D eigenvalue weighted by Gasteiger charge is -2.47. The minimum Gasteiger partial charge on any atom is -0.485 e. The number of ether oxygens (including phenoxy) is 1. The minimum absolute atomic E-state index is 0.224. The molecule has 2 aliphatic rings. The molecule has 0 radical (unpaired) electrons. The summed E-state index contributed by atoms with van der Waals surface area (Å²) in [7, 11) is 0. The number of nitrogens with zero attached hydrogens (tertiary/aromatic N) is 1. The molecule has 0 aliphatic carbocycles. The molecule has 6 nitrogen and oxygen atoms in total. The molecule has 6 heteroatoms. The maximum Gasteiger partial charge on any atom is 0.407 e. The van der Waals surface area contributed by atoms with E-state index in [1.165, 1.54) is 11.8 Å². The van der Waals surface area contributed by atoms with Crippen molar-refractivity contribution < 1.29 is 24.2 Å². The number of para-hydroxylation sites is 1. The van der Waals surface area contributed by atoms with E-state index in [4.69, 9.17) is 9.84 Å². The van der Waals surface area contributed by atoms with Crippen LogP contribution >= 0.6 is 0 Å². The zero-order valence-electron chi connectivity index (χ0n) is 12.2. The van der Waals surface area contributed by atoms with Crippen LogP contribution < -0.4 is 4.74 Å². The van der Waals surface area contributed by atoms with Crippen molar-refractivity contribution in [3.8, 4) is 5.75 Å². The number of carbonyl (C=O) groups is 3. The van der Waals surface area contributed by atoms with Gasteiger partial charge in [-0.2, -0.15) is 0 Å². The average molecular weight is 303 g/mol. The number of carboxylic acid groups (broad SMARTS) is 1. The molecule has 1 aromatic rings. The second kappa shape index (κ2) is 5.12. The Hall–Kier alpha value is -2.37. The number of ketones is 2. The number of likely N-dealkylation sites (tertiary alicyclic amines) is 1. The summed E-state index contributed by atoms with van der Waals surface area (Å²) < 4.78 is 6.07. The van der Waals surface area contributed by atoms with Crippen LogP contribution in [0.4, 0.5) is 4.79 Å². The minimum atomic E-state index is -0.989. The summed E-state index contributed by atoms with van der Waals surface area (Å²) in [6.07, 6.45) is -0.315. The van der Waals surface area contributed by atoms with Gasteiger partial charge in [-0.25, -0.2) is 4.79 Å². The molecule has 0 saturated carbocycles. The van der Waals surface area contributed by atoms with Gasteiger partial charge in [0.2, 0.25) is 0 Å². The van der Waals surface area contributed by atoms with E-state index in [9.17, 15) is 14.4 Å². The van der Waals surface area contributed by atoms with Gasteiger partial charge in [0, 0.05) is 25.9 Å². The van der Waals surface area contributed by atoms with Gasteiger partial charge >= 0.3 is 6.09 Å². The van der Waals surface area contributed by atoms with E-state index >= 15 is 0 Å². The normalized spacial score (nSPS) is 22.9. The predicted molar refractivity (Wildman–Crippen MR) is 77.1 cm³/mol. The van der Waals surface area contributed by atoms with Gasteiger partial charge in [0.1, 0.15) is 23.1 Å². The molecule has 2 heterocycles. The number of hydrogen-bond acceptors (Lipinski definition) is 4. The summed E-state index contributed by atoms with van der Waals surface area (Å²) >= 11 is 0. The van der Waals surface area contributed by atoms with E-state index in [1.54, 1.807) is 24.3 Å². The van der Waals surface area contributed by atoms with Crippen molar-refractivity contribution in [3.63, 3.8) is 0 Å². The SMILES string of the molecule is CC(=O)C1C(=O)c2ccccc2OC12CCN(C(=O)O)CC2. The molecule has 0 aromatic heterocycles. The summed E-state index contributed by atoms with van der Waals surface area (Å²) in [6.45, 7) is 1.91. The molecule has 1 aromatic carbocycles. The van der Waals surface area contributed by atoms with Crippen molar-refractivity contribution in [1.29, 1.82) is 0 Å². The Morgan fingerprint density at radius 3 is 2.50 bits per heavy atom. The Morgan fingerprint density at radius 2 is 1.91 bits per heavy atom. The predicted octanol–water partition coefficient (Wildman–Crippen LogP) is 1.98. The van der Waals surface area contributed by atoms with Gasteiger partial charge in [0.15, 0.2) is 5.78 Å². The molecule has 0 bridgehead atoms. The van der Waals surface area contributed by atoms with Crippen LogP contribution in [0.3, 0.4) is 0 Å². The summed E-state index contributed by atoms with van der Waals surface area (Å²) in [5.41, 5.74) is -0.502. The molecule has 2 aliphatic heterocycles. The van der Waals surface area contributed by atoms with Crippen LogP contribution in [-0.2, 0) is 4.79 Å². The zero-order chi connectivity index (χ0) is 15.9. The van der Waals surface area contributed by atoms with Gasteiger partial charge in [0.25, 0.3) is 0 Å². The molecule has 1 amide bonds. The number of piperidine rings is 1. The second-order valence-electron chi connectivity index (χ2n) is 5.84. The summed E-state index contributed by atoms with van der Waals surface area (Å²) in [5, 5.41) is 9.06. The van der Waals surface area contributed by atoms with Crippen LogP contribution in [-0.4, -0.2) is 46.4 Å². The first kappa shape index (κ1) is 14.6. The van der Waals surface area contributed by atoms with E-state index < -0.39 is 17.6 Å². The third kappa shape index (κ3) is 2.15. The fraction of sp³-hybridized carbons (Fsp3) is 0.438. The van der Waals surface area contributed by atoms with E-state index in [0.717, 1.165) is 0 Å². The maximum absolute atomic E-state index is 12.7. The number of amides is 1. The summed E-state index contributed by atoms with van der Waals surface area (Å²) in [4.78, 5) is 37.1. The molecule has 1 unspecified atom stereocenters. The third-order valence-electron chi connectivity index (χ3n) is 4.54. The molecule has 1 spiro atoms. The van der Waals surface area contributed by atoms with E-state index in [0.29, 0.717) is 24.2 Å². The molecule has 1 N–H and O–H groups in total. The molecule has 3 rings (SSSR count). The topological polar surface area (TPSA) is 83.9 Å². The molecular weight excluding hydrogens is 286 g/mol. The molecule has 22 heavy (non-hydrogen) atoms. The molecule has 116 valence electrons. The quantitative estimate of drug-likeness (QED) is 0.802. The van der Waals surface area contributed by atoms with Gasteiger partial charge in [-0.3, -0.25) is 9.59 Å². The Kier molecular flexibility index (Phi) is 3.39. The van der Waals surface area contributed by atoms with Gasteiger partial charge in [-0.15, -0.1) is 0 Å². The lowest BCUT2D eigenvalue weighted by molar-refractivity contribution is -0.128. The van der Waals surface area contributed by atoms with Gasteiger partial charge in [-0.1, -0.05) is 12.1 Å². The van der Waals surface area contributed by atoms with Crippen molar-refractivity contribution in [2.45, 2.75) is 25.4 Å². The Morgan fingerprint density at radius 1 is 1.27 bits per heavy atom. The van der Waals surface area contributed by atoms with Crippen molar-refractivity contribution in [2.24, 2.45) is 5.92 Å². The lowest BCUT2D eigenvalue weighted by Crippen LogP contribution is -2.59. The number of carbonyl (C=O) groups excluding carboxylic acids is 2. The first-order valence-corrected chi connectivity index (χ1v) is 7.25. The van der Waals surface area contributed by atoms with Crippen LogP contribution in [0.15, 0.2) is 24.3 Å². The van der Waals surface area contributed by atoms with E-state index in [1.807, 2.05) is 0 Å². The fourth-order valence-electron chi connectivity index (χ4n) is 3.45. The monoisotopic (exact) mass is 303 g/mol. The largest absolute Gasteiger partial charge is 0.485 e. The van der Waals surface area contributed by atoms with Crippen LogP contribution in [0.2, 0.25) is 0 Å². The standard InChI is InChI=1S/C16H17NO5/c1-10(18)13-14(19)11-4-2-3-5-12(11)22-16(13)6-8-17(9-7-16)15(20)21/h2-5,13H,6-9H2,1H3,(H,20,21). The maximum atomic E-state index is 12.7. The number of rotatable bonds is 1. The van der Waals surface area contributed by atoms with Crippen LogP contribution in [0.1, 0.15) is 30.1 Å². The highest BCUT2D eigenvalue weighted by Crippen LogP contribution is 2.43. The van der Waals surface area contributed by atoms with Crippen molar-refractivity contribution in [3.05, 3.63) is 29.8 Å². The van der Waals surface area contributed by atoms with E-state index in [2.05, 4.69) is 0 Å². The molecule has 1 fully saturated rings. The third-order valence-corrected chi connectivity index (χ3v) is 4.54. The fourth-order valence-corrected chi connectivity index (χ4v) is 3.45. The summed E-state index contributed by atoms with van der Waals surface area (Å²) in [5.74, 6) is -0.839. The lowest BCUT2D eigenvalue weighted by atomic mass is 9.72. The highest BCUT2D eigenvalue weighted by atomic mass is 16.5. The van der Waals surface area contributed by atoms with Crippen LogP contribution in [0.25, 0.3) is 0 Å². The highest BCUT2D eigenvalue weighted by molar-refractivity contribution is 6.13. The van der Waals surface area contributed by atoms with Crippen molar-refractivity contribution in [2.75, 3.05) is 13.1 Å². The summed E-state index contributed by atoms with van der Waals surface area (Å²) in [6, 6.07) is 6.89. The number of benzene rings is 1. The number of fused-ring (bicyclic) bond motifs is 1. The molecule has 1 atom stereocenters. The zero-order valence-corrected chi connectivity index (χ0v) is 12.2. The van der Waals surface area contributed by atoms with Gasteiger partial charge in [0.05, 0.1) is 5.56 Å². The Labute approximate surface area is 127 Å². The first-order chi connectivity index (χ1) is 10.4. The molecular formula is C16H17NO5. The first-order valence-electron chi connectivity index (χ1n) is 7.25. The van der Waals surface area contributed by atoms with Gasteiger partial charge in [-0.05, 0) is 19.1 Å². The smallest absolute Gasteiger partial charge is 0.407 e. The average Bonchev–Trinajstić information content (AvgIpc) is 2.47. The second-order valence-corrected chi connectivity index (χ2v) is 5.84. The van der Waals surface area contributed by atoms with Crippen LogP contribution in [0, 0.1) is 5.92 Å². The van der Waals surface area contributed by atoms with Crippen molar-refractivity contribution in [1.82, 2.24) is 4.90 Å². The van der Waals surface area contributed by atoms with Crippen LogP contribution in [0.5, 0.6) is 5.75 Å². The number of hydrogen-bond donors (Lipinski definition) is 1. The number of Topliss-reactive ketones (excluding diaryl/α,β-unsaturated/α-hetero) is 2. The van der Waals surface area contributed by atoms with Gasteiger partial charge < -0.3 is 14.7 Å². The highest BCUT2D eigenvalue weighted by Gasteiger charge is 2.53. The van der Waals surface area contributed by atoms with Crippen molar-refractivity contribution >= 4 is 17.7 Å². The Bertz CT molecular complexity index is 646. The Balaban J connectivity index is 1.98.